The van der Waals surface area contributed by atoms with Crippen LogP contribution < -0.4 is 5.32 Å². The van der Waals surface area contributed by atoms with Crippen LogP contribution >= 0.6 is 27.5 Å². The summed E-state index contributed by atoms with van der Waals surface area (Å²) in [5.74, 6) is 0.255. The van der Waals surface area contributed by atoms with Crippen molar-refractivity contribution in [2.24, 2.45) is 0 Å². The molecular formula is C15H20BrClN2O. The molecule has 1 aromatic carbocycles. The van der Waals surface area contributed by atoms with E-state index in [2.05, 4.69) is 32.7 Å². The summed E-state index contributed by atoms with van der Waals surface area (Å²) < 4.78 is 0.579. The number of rotatable bonds is 5. The molecule has 3 nitrogen and oxygen atoms in total. The lowest BCUT2D eigenvalue weighted by molar-refractivity contribution is 0.163. The quantitative estimate of drug-likeness (QED) is 0.787. The number of hydrogen-bond donors (Lipinski definition) is 2. The fourth-order valence-electron chi connectivity index (χ4n) is 2.63. The maximum absolute atomic E-state index is 10.4. The predicted molar refractivity (Wildman–Crippen MR) is 87.4 cm³/mol. The Kier molecular flexibility index (Phi) is 5.90. The molecule has 20 heavy (non-hydrogen) atoms. The minimum Gasteiger partial charge on any atom is -0.506 e. The van der Waals surface area contributed by atoms with E-state index < -0.39 is 0 Å². The van der Waals surface area contributed by atoms with E-state index in [4.69, 9.17) is 11.6 Å². The Morgan fingerprint density at radius 2 is 2.15 bits per heavy atom. The lowest BCUT2D eigenvalue weighted by atomic mass is 9.98. The van der Waals surface area contributed by atoms with Gasteiger partial charge >= 0.3 is 0 Å². The van der Waals surface area contributed by atoms with Crippen molar-refractivity contribution in [1.29, 1.82) is 0 Å². The Balaban J connectivity index is 2.29. The van der Waals surface area contributed by atoms with Gasteiger partial charge in [0, 0.05) is 37.8 Å². The number of allylic oxidation sites excluding steroid dienone is 1. The molecule has 5 heteroatoms. The van der Waals surface area contributed by atoms with Crippen LogP contribution in [0.1, 0.15) is 24.4 Å². The van der Waals surface area contributed by atoms with E-state index in [9.17, 15) is 5.11 Å². The van der Waals surface area contributed by atoms with Crippen molar-refractivity contribution in [3.63, 3.8) is 0 Å². The molecule has 0 spiro atoms. The zero-order valence-electron chi connectivity index (χ0n) is 11.4. The molecule has 1 aliphatic heterocycles. The van der Waals surface area contributed by atoms with Gasteiger partial charge in [-0.3, -0.25) is 4.90 Å². The highest BCUT2D eigenvalue weighted by Gasteiger charge is 2.25. The van der Waals surface area contributed by atoms with E-state index in [1.807, 2.05) is 18.2 Å². The zero-order chi connectivity index (χ0) is 14.5. The smallest absolute Gasteiger partial charge is 0.136 e. The molecule has 0 bridgehead atoms. The number of piperazine rings is 1. The van der Waals surface area contributed by atoms with Gasteiger partial charge in [-0.1, -0.05) is 23.7 Å². The van der Waals surface area contributed by atoms with Crippen molar-refractivity contribution in [2.45, 2.75) is 18.9 Å². The van der Waals surface area contributed by atoms with Crippen LogP contribution in [0.25, 0.3) is 0 Å². The van der Waals surface area contributed by atoms with Gasteiger partial charge in [0.1, 0.15) is 5.75 Å². The maximum Gasteiger partial charge on any atom is 0.136 e. The van der Waals surface area contributed by atoms with Crippen molar-refractivity contribution in [3.8, 4) is 5.75 Å². The van der Waals surface area contributed by atoms with Crippen LogP contribution in [0.15, 0.2) is 29.3 Å². The summed E-state index contributed by atoms with van der Waals surface area (Å²) in [5, 5.41) is 14.3. The second-order valence-electron chi connectivity index (χ2n) is 4.97. The van der Waals surface area contributed by atoms with Crippen LogP contribution in [-0.4, -0.2) is 36.2 Å². The first-order valence-electron chi connectivity index (χ1n) is 6.87. The Morgan fingerprint density at radius 3 is 2.80 bits per heavy atom. The highest BCUT2D eigenvalue weighted by atomic mass is 79.9. The van der Waals surface area contributed by atoms with Gasteiger partial charge in [0.05, 0.1) is 9.50 Å². The zero-order valence-corrected chi connectivity index (χ0v) is 13.8. The summed E-state index contributed by atoms with van der Waals surface area (Å²) in [7, 11) is 0. The van der Waals surface area contributed by atoms with Crippen LogP contribution in [0, 0.1) is 0 Å². The van der Waals surface area contributed by atoms with Gasteiger partial charge in [0.2, 0.25) is 0 Å². The molecule has 0 saturated carbocycles. The molecule has 1 saturated heterocycles. The Hall–Kier alpha value is -0.550. The van der Waals surface area contributed by atoms with Gasteiger partial charge in [0.25, 0.3) is 0 Å². The molecule has 110 valence electrons. The molecule has 0 radical (unpaired) electrons. The molecule has 1 fully saturated rings. The number of phenolic OH excluding ortho intramolecular Hbond substituents is 1. The molecule has 1 atom stereocenters. The van der Waals surface area contributed by atoms with Crippen molar-refractivity contribution < 1.29 is 5.11 Å². The van der Waals surface area contributed by atoms with Crippen LogP contribution in [0.3, 0.4) is 0 Å². The van der Waals surface area contributed by atoms with Gasteiger partial charge in [-0.15, -0.1) is 6.58 Å². The molecule has 1 aromatic rings. The van der Waals surface area contributed by atoms with E-state index in [0.717, 1.165) is 44.6 Å². The maximum atomic E-state index is 10.4. The average Bonchev–Trinajstić information content (AvgIpc) is 2.48. The topological polar surface area (TPSA) is 35.5 Å². The molecule has 2 N–H and O–H groups in total. The third-order valence-corrected chi connectivity index (χ3v) is 5.04. The molecule has 0 aromatic heterocycles. The van der Waals surface area contributed by atoms with E-state index in [1.165, 1.54) is 0 Å². The normalized spacial score (nSPS) is 17.9. The average molecular weight is 360 g/mol. The van der Waals surface area contributed by atoms with Crippen molar-refractivity contribution in [1.82, 2.24) is 10.2 Å². The predicted octanol–water partition coefficient (Wildman–Crippen LogP) is 3.72. The fraction of sp³-hybridized carbons (Fsp3) is 0.467. The summed E-state index contributed by atoms with van der Waals surface area (Å²) in [6.07, 6.45) is 3.80. The first kappa shape index (κ1) is 15.8. The van der Waals surface area contributed by atoms with Gasteiger partial charge in [-0.25, -0.2) is 0 Å². The standard InChI is InChI=1S/C15H20BrClN2O/c1-2-3-4-13(19-9-7-18-8-10-19)11-5-6-12(17)14(16)15(11)20/h2,5-6,13,18,20H,1,3-4,7-10H2/t13-/m0/s1. The number of halogens is 2. The number of benzene rings is 1. The Morgan fingerprint density at radius 1 is 1.45 bits per heavy atom. The molecule has 0 unspecified atom stereocenters. The van der Waals surface area contributed by atoms with Gasteiger partial charge < -0.3 is 10.4 Å². The van der Waals surface area contributed by atoms with E-state index in [0.29, 0.717) is 9.50 Å². The number of hydrogen-bond acceptors (Lipinski definition) is 3. The van der Waals surface area contributed by atoms with Crippen LogP contribution in [-0.2, 0) is 0 Å². The summed E-state index contributed by atoms with van der Waals surface area (Å²) >= 11 is 9.39. The molecule has 0 amide bonds. The first-order valence-corrected chi connectivity index (χ1v) is 8.04. The number of nitrogens with one attached hydrogen (secondary N) is 1. The van der Waals surface area contributed by atoms with Crippen molar-refractivity contribution >= 4 is 27.5 Å². The van der Waals surface area contributed by atoms with Crippen molar-refractivity contribution in [2.75, 3.05) is 26.2 Å². The van der Waals surface area contributed by atoms with E-state index >= 15 is 0 Å². The third-order valence-electron chi connectivity index (χ3n) is 3.70. The summed E-state index contributed by atoms with van der Waals surface area (Å²) in [5.41, 5.74) is 0.935. The van der Waals surface area contributed by atoms with Gasteiger partial charge in [-0.2, -0.15) is 0 Å². The third kappa shape index (κ3) is 3.55. The molecule has 1 aliphatic rings. The summed E-state index contributed by atoms with van der Waals surface area (Å²) in [6, 6.07) is 3.96. The molecular weight excluding hydrogens is 340 g/mol. The molecule has 0 aliphatic carbocycles. The molecule has 1 heterocycles. The lowest BCUT2D eigenvalue weighted by Gasteiger charge is -2.35. The van der Waals surface area contributed by atoms with Crippen LogP contribution in [0.5, 0.6) is 5.75 Å². The largest absolute Gasteiger partial charge is 0.506 e. The Labute approximate surface area is 133 Å². The van der Waals surface area contributed by atoms with Crippen LogP contribution in [0.4, 0.5) is 0 Å². The first-order chi connectivity index (χ1) is 9.65. The number of nitrogens with zero attached hydrogens (tertiary/aromatic N) is 1. The molecule has 2 rings (SSSR count). The second-order valence-corrected chi connectivity index (χ2v) is 6.17. The highest BCUT2D eigenvalue weighted by Crippen LogP contribution is 2.40. The Bertz CT molecular complexity index is 475. The monoisotopic (exact) mass is 358 g/mol. The minimum absolute atomic E-state index is 0.198. The fourth-order valence-corrected chi connectivity index (χ4v) is 3.14. The van der Waals surface area contributed by atoms with Gasteiger partial charge in [-0.05, 0) is 34.8 Å². The van der Waals surface area contributed by atoms with Crippen molar-refractivity contribution in [3.05, 3.63) is 39.8 Å². The SMILES string of the molecule is C=CCC[C@@H](c1ccc(Cl)c(Br)c1O)N1CCNCC1. The van der Waals surface area contributed by atoms with E-state index in [1.54, 1.807) is 0 Å². The number of phenols is 1. The van der Waals surface area contributed by atoms with Gasteiger partial charge in [0.15, 0.2) is 0 Å². The number of aromatic hydroxyl groups is 1. The summed E-state index contributed by atoms with van der Waals surface area (Å²) in [4.78, 5) is 2.41. The second kappa shape index (κ2) is 7.46. The van der Waals surface area contributed by atoms with E-state index in [-0.39, 0.29) is 11.8 Å². The lowest BCUT2D eigenvalue weighted by Crippen LogP contribution is -2.45. The minimum atomic E-state index is 0.198. The highest BCUT2D eigenvalue weighted by molar-refractivity contribution is 9.10. The summed E-state index contributed by atoms with van der Waals surface area (Å²) in [6.45, 7) is 7.75. The van der Waals surface area contributed by atoms with Crippen LogP contribution in [0.2, 0.25) is 5.02 Å².